The van der Waals surface area contributed by atoms with Gasteiger partial charge in [-0.3, -0.25) is 24.0 Å². The SMILES string of the molecule is COC(=O)CSc1cc(/N=c2\sc(=O)n3n2CCCC3)c(F)cc1Cl.COCc1cnc(C2=NC(C)(C(C)C)C(=O)N2)c(C(=O)O)c1. The van der Waals surface area contributed by atoms with E-state index >= 15 is 0 Å². The first-order valence-electron chi connectivity index (χ1n) is 14.5. The Labute approximate surface area is 282 Å². The average Bonchev–Trinajstić information content (AvgIpc) is 3.53. The van der Waals surface area contributed by atoms with Crippen molar-refractivity contribution in [1.82, 2.24) is 19.7 Å². The number of hydrogen-bond acceptors (Lipinski definition) is 11. The Morgan fingerprint density at radius 1 is 1.21 bits per heavy atom. The number of rotatable bonds is 9. The maximum absolute atomic E-state index is 14.3. The second-order valence-electron chi connectivity index (χ2n) is 11.0. The van der Waals surface area contributed by atoms with Gasteiger partial charge < -0.3 is 19.9 Å². The number of carbonyl (C=O) groups excluding carboxylic acids is 2. The minimum Gasteiger partial charge on any atom is -0.478 e. The molecule has 4 heterocycles. The molecule has 0 saturated carbocycles. The van der Waals surface area contributed by atoms with Crippen LogP contribution in [0.25, 0.3) is 0 Å². The number of amides is 1. The molecule has 0 fully saturated rings. The maximum atomic E-state index is 14.3. The van der Waals surface area contributed by atoms with Crippen LogP contribution >= 0.6 is 34.7 Å². The zero-order valence-corrected chi connectivity index (χ0v) is 28.7. The number of nitrogens with zero attached hydrogens (tertiary/aromatic N) is 5. The van der Waals surface area contributed by atoms with Crippen molar-refractivity contribution in [3.05, 3.63) is 66.5 Å². The number of benzene rings is 1. The number of carboxylic acids is 1. The third kappa shape index (κ3) is 8.17. The van der Waals surface area contributed by atoms with Gasteiger partial charge in [0.05, 0.1) is 30.1 Å². The molecule has 13 nitrogen and oxygen atoms in total. The van der Waals surface area contributed by atoms with Crippen LogP contribution in [0.2, 0.25) is 5.02 Å². The number of hydrogen-bond donors (Lipinski definition) is 2. The topological polar surface area (TPSA) is 166 Å². The molecule has 2 N–H and O–H groups in total. The third-order valence-corrected chi connectivity index (χ3v) is 9.88. The van der Waals surface area contributed by atoms with Crippen molar-refractivity contribution in [3.63, 3.8) is 0 Å². The number of carbonyl (C=O) groups is 3. The number of fused-ring (bicyclic) bond motifs is 1. The summed E-state index contributed by atoms with van der Waals surface area (Å²) >= 11 is 8.17. The summed E-state index contributed by atoms with van der Waals surface area (Å²) < 4.78 is 27.2. The van der Waals surface area contributed by atoms with Gasteiger partial charge in [0.25, 0.3) is 5.91 Å². The lowest BCUT2D eigenvalue weighted by molar-refractivity contribution is -0.137. The van der Waals surface area contributed by atoms with Gasteiger partial charge in [0.1, 0.15) is 22.7 Å². The number of carboxylic acid groups (broad SMARTS) is 1. The van der Waals surface area contributed by atoms with E-state index in [4.69, 9.17) is 16.3 Å². The van der Waals surface area contributed by atoms with Crippen LogP contribution in [-0.4, -0.2) is 68.6 Å². The van der Waals surface area contributed by atoms with Gasteiger partial charge in [-0.1, -0.05) is 25.4 Å². The Morgan fingerprint density at radius 3 is 2.53 bits per heavy atom. The minimum absolute atomic E-state index is 0.0124. The predicted molar refractivity (Wildman–Crippen MR) is 175 cm³/mol. The molecule has 1 unspecified atom stereocenters. The third-order valence-electron chi connectivity index (χ3n) is 7.55. The van der Waals surface area contributed by atoms with E-state index < -0.39 is 23.3 Å². The van der Waals surface area contributed by atoms with Crippen LogP contribution in [-0.2, 0) is 38.8 Å². The molecule has 47 heavy (non-hydrogen) atoms. The molecular weight excluding hydrogens is 675 g/mol. The number of esters is 1. The average molecular weight is 709 g/mol. The van der Waals surface area contributed by atoms with Crippen LogP contribution in [0.4, 0.5) is 10.1 Å². The molecule has 17 heteroatoms. The lowest BCUT2D eigenvalue weighted by atomic mass is 9.89. The van der Waals surface area contributed by atoms with Crippen molar-refractivity contribution in [2.75, 3.05) is 20.0 Å². The van der Waals surface area contributed by atoms with Gasteiger partial charge in [-0.05, 0) is 60.8 Å². The molecule has 0 aliphatic carbocycles. The zero-order valence-electron chi connectivity index (χ0n) is 26.3. The molecule has 1 amide bonds. The highest BCUT2D eigenvalue weighted by Crippen LogP contribution is 2.33. The standard InChI is InChI=1S/C15H15ClFN3O3S2.C15H19N3O4/c1-23-13(21)8-24-12-7-11(10(17)6-9(12)16)18-14-19-4-2-3-5-20(19)15(22)25-14;1-8(2)15(3)14(21)17-12(18-15)11-10(13(19)20)5-9(6-16-11)7-22-4/h6-7H,2-5,8H2,1H3;5-6,8H,7H2,1-4H3,(H,19,20)(H,17,18,21)/b18-14-;. The number of aromatic carboxylic acids is 1. The van der Waals surface area contributed by atoms with Crippen LogP contribution in [0.15, 0.2) is 44.1 Å². The number of aliphatic imine (C=N–C) groups is 1. The van der Waals surface area contributed by atoms with Gasteiger partial charge in [-0.2, -0.15) is 0 Å². The Hall–Kier alpha value is -3.86. The Balaban J connectivity index is 0.000000215. The summed E-state index contributed by atoms with van der Waals surface area (Å²) in [7, 11) is 2.81. The number of halogens is 2. The van der Waals surface area contributed by atoms with E-state index in [1.807, 2.05) is 13.8 Å². The van der Waals surface area contributed by atoms with Crippen LogP contribution in [0, 0.1) is 11.7 Å². The molecule has 2 aliphatic rings. The molecule has 5 rings (SSSR count). The lowest BCUT2D eigenvalue weighted by Crippen LogP contribution is -2.41. The molecule has 0 saturated heterocycles. The van der Waals surface area contributed by atoms with Gasteiger partial charge in [0, 0.05) is 31.3 Å². The summed E-state index contributed by atoms with van der Waals surface area (Å²) in [5.41, 5.74) is -0.0517. The monoisotopic (exact) mass is 708 g/mol. The Bertz CT molecular complexity index is 1850. The molecular formula is C30H34ClFN6O7S2. The summed E-state index contributed by atoms with van der Waals surface area (Å²) in [6, 6.07) is 4.12. The van der Waals surface area contributed by atoms with Crippen LogP contribution < -0.4 is 15.0 Å². The fraction of sp³-hybridized carbons (Fsp3) is 0.433. The molecule has 0 bridgehead atoms. The van der Waals surface area contributed by atoms with E-state index in [9.17, 15) is 28.7 Å². The predicted octanol–water partition coefficient (Wildman–Crippen LogP) is 4.01. The van der Waals surface area contributed by atoms with Crippen LogP contribution in [0.5, 0.6) is 0 Å². The van der Waals surface area contributed by atoms with Crippen molar-refractivity contribution in [2.24, 2.45) is 15.9 Å². The largest absolute Gasteiger partial charge is 0.478 e. The number of aromatic nitrogens is 3. The van der Waals surface area contributed by atoms with E-state index in [1.165, 1.54) is 32.5 Å². The number of amidine groups is 1. The molecule has 1 atom stereocenters. The van der Waals surface area contributed by atoms with Gasteiger partial charge in [-0.15, -0.1) is 11.8 Å². The second kappa shape index (κ2) is 15.4. The quantitative estimate of drug-likeness (QED) is 0.247. The van der Waals surface area contributed by atoms with Crippen molar-refractivity contribution < 1.29 is 33.4 Å². The fourth-order valence-corrected chi connectivity index (χ4v) is 6.57. The van der Waals surface area contributed by atoms with E-state index in [1.54, 1.807) is 16.3 Å². The minimum atomic E-state index is -1.13. The Morgan fingerprint density at radius 2 is 1.91 bits per heavy atom. The van der Waals surface area contributed by atoms with Crippen LogP contribution in [0.3, 0.4) is 0 Å². The van der Waals surface area contributed by atoms with Gasteiger partial charge >= 0.3 is 16.8 Å². The van der Waals surface area contributed by atoms with Gasteiger partial charge in [-0.25, -0.2) is 23.9 Å². The second-order valence-corrected chi connectivity index (χ2v) is 13.4. The van der Waals surface area contributed by atoms with E-state index in [-0.39, 0.29) is 56.9 Å². The lowest BCUT2D eigenvalue weighted by Gasteiger charge is -2.21. The molecule has 252 valence electrons. The molecule has 3 aromatic rings. The summed E-state index contributed by atoms with van der Waals surface area (Å²) in [4.78, 5) is 60.7. The molecule has 1 aromatic carbocycles. The first kappa shape index (κ1) is 36.0. The van der Waals surface area contributed by atoms with Gasteiger partial charge in [0.15, 0.2) is 5.84 Å². The highest BCUT2D eigenvalue weighted by molar-refractivity contribution is 8.00. The number of thioether (sulfide) groups is 1. The fourth-order valence-electron chi connectivity index (χ4n) is 4.58. The molecule has 2 aromatic heterocycles. The molecule has 2 aliphatic heterocycles. The van der Waals surface area contributed by atoms with Crippen molar-refractivity contribution in [3.8, 4) is 0 Å². The number of pyridine rings is 1. The van der Waals surface area contributed by atoms with E-state index in [0.29, 0.717) is 28.3 Å². The normalized spacial score (nSPS) is 17.5. The highest BCUT2D eigenvalue weighted by Gasteiger charge is 2.43. The highest BCUT2D eigenvalue weighted by atomic mass is 35.5. The van der Waals surface area contributed by atoms with E-state index in [2.05, 4.69) is 25.0 Å². The smallest absolute Gasteiger partial charge is 0.338 e. The maximum Gasteiger partial charge on any atom is 0.338 e. The number of methoxy groups -OCH3 is 2. The van der Waals surface area contributed by atoms with Crippen molar-refractivity contribution >= 4 is 64.1 Å². The van der Waals surface area contributed by atoms with Crippen LogP contribution in [0.1, 0.15) is 55.2 Å². The number of ether oxygens (including phenoxy) is 2. The summed E-state index contributed by atoms with van der Waals surface area (Å²) in [5.74, 6) is -2.13. The van der Waals surface area contributed by atoms with Crippen molar-refractivity contribution in [1.29, 1.82) is 0 Å². The summed E-state index contributed by atoms with van der Waals surface area (Å²) in [6.45, 7) is 7.08. The van der Waals surface area contributed by atoms with Crippen molar-refractivity contribution in [2.45, 2.75) is 63.7 Å². The first-order valence-corrected chi connectivity index (χ1v) is 16.6. The summed E-state index contributed by atoms with van der Waals surface area (Å²) in [5, 5.41) is 12.2. The zero-order chi connectivity index (χ0) is 34.5. The molecule has 0 spiro atoms. The number of nitrogens with one attached hydrogen (secondary N) is 1. The van der Waals surface area contributed by atoms with E-state index in [0.717, 1.165) is 42.0 Å². The van der Waals surface area contributed by atoms with Gasteiger partial charge in [0.2, 0.25) is 4.80 Å². The summed E-state index contributed by atoms with van der Waals surface area (Å²) in [6.07, 6.45) is 3.41. The Kier molecular flexibility index (Phi) is 11.8. The molecule has 0 radical (unpaired) electrons. The first-order chi connectivity index (χ1) is 22.3.